The Hall–Kier alpha value is -4.18. The van der Waals surface area contributed by atoms with Gasteiger partial charge in [-0.1, -0.05) is 97.1 Å². The fourth-order valence-corrected chi connectivity index (χ4v) is 13.4. The van der Waals surface area contributed by atoms with Gasteiger partial charge < -0.3 is 0 Å². The third-order valence-electron chi connectivity index (χ3n) is 8.69. The fourth-order valence-electron chi connectivity index (χ4n) is 6.09. The van der Waals surface area contributed by atoms with Crippen molar-refractivity contribution >= 4 is 77.5 Å². The molecule has 0 aliphatic rings. The van der Waals surface area contributed by atoms with Crippen molar-refractivity contribution in [3.8, 4) is 11.1 Å². The van der Waals surface area contributed by atoms with E-state index in [2.05, 4.69) is 0 Å². The third kappa shape index (κ3) is 9.85. The second-order valence-corrected chi connectivity index (χ2v) is 22.5. The molecule has 0 fully saturated rings. The van der Waals surface area contributed by atoms with Crippen molar-refractivity contribution < 1.29 is 51.9 Å². The summed E-state index contributed by atoms with van der Waals surface area (Å²) in [5.74, 6) is 0. The Balaban J connectivity index is 1.50. The van der Waals surface area contributed by atoms with Crippen molar-refractivity contribution in [2.75, 3.05) is 0 Å². The molecule has 0 heterocycles. The van der Waals surface area contributed by atoms with Gasteiger partial charge in [0.25, 0.3) is 40.5 Å². The Morgan fingerprint density at radius 1 is 0.339 bits per heavy atom. The van der Waals surface area contributed by atoms with Crippen LogP contribution in [-0.2, 0) is 52.8 Å². The maximum Gasteiger partial charge on any atom is 0.294 e. The van der Waals surface area contributed by atoms with Crippen LogP contribution < -0.4 is 21.2 Å². The highest BCUT2D eigenvalue weighted by atomic mass is 32.2. The molecule has 0 saturated carbocycles. The molecule has 290 valence electrons. The van der Waals surface area contributed by atoms with Gasteiger partial charge in [-0.15, -0.1) is 0 Å². The molecule has 0 spiro atoms. The maximum atomic E-state index is 12.2. The first-order chi connectivity index (χ1) is 26.3. The first kappa shape index (κ1) is 41.5. The van der Waals surface area contributed by atoms with E-state index in [1.54, 1.807) is 24.3 Å². The second kappa shape index (κ2) is 16.4. The molecule has 56 heavy (non-hydrogen) atoms. The molecule has 6 aromatic rings. The first-order valence-electron chi connectivity index (χ1n) is 16.3. The van der Waals surface area contributed by atoms with Crippen LogP contribution in [0, 0.1) is 0 Å². The van der Waals surface area contributed by atoms with Gasteiger partial charge in [-0.05, 0) is 108 Å². The van der Waals surface area contributed by atoms with Gasteiger partial charge in [-0.2, -0.15) is 33.7 Å². The lowest BCUT2D eigenvalue weighted by atomic mass is 9.97. The van der Waals surface area contributed by atoms with E-state index in [-0.39, 0.29) is 31.9 Å². The molecule has 0 bridgehead atoms. The molecule has 0 atom stereocenters. The molecule has 0 aliphatic carbocycles. The molecule has 18 heteroatoms. The molecule has 6 rings (SSSR count). The van der Waals surface area contributed by atoms with Crippen LogP contribution in [0.1, 0.15) is 11.1 Å². The lowest BCUT2D eigenvalue weighted by molar-refractivity contribution is 0.481. The third-order valence-corrected chi connectivity index (χ3v) is 17.0. The van der Waals surface area contributed by atoms with E-state index in [4.69, 9.17) is 0 Å². The predicted molar refractivity (Wildman–Crippen MR) is 217 cm³/mol. The van der Waals surface area contributed by atoms with Crippen molar-refractivity contribution in [3.63, 3.8) is 0 Å². The van der Waals surface area contributed by atoms with Crippen LogP contribution in [0.15, 0.2) is 165 Å². The Labute approximate surface area is 327 Å². The summed E-state index contributed by atoms with van der Waals surface area (Å²) < 4.78 is 137. The van der Waals surface area contributed by atoms with Crippen molar-refractivity contribution in [2.45, 2.75) is 31.9 Å². The van der Waals surface area contributed by atoms with Crippen LogP contribution in [-0.4, -0.2) is 51.9 Å². The van der Waals surface area contributed by atoms with Crippen LogP contribution in [0.25, 0.3) is 11.1 Å². The van der Waals surface area contributed by atoms with Gasteiger partial charge in [0.2, 0.25) is 0 Å². The Bertz CT molecular complexity index is 2550. The Morgan fingerprint density at radius 3 is 0.839 bits per heavy atom. The summed E-state index contributed by atoms with van der Waals surface area (Å²) in [5.41, 5.74) is 3.04. The van der Waals surface area contributed by atoms with E-state index in [1.165, 1.54) is 72.8 Å². The summed E-state index contributed by atoms with van der Waals surface area (Å²) in [6.45, 7) is 0. The van der Waals surface area contributed by atoms with Gasteiger partial charge in [-0.3, -0.25) is 18.2 Å². The molecule has 0 radical (unpaired) electrons. The summed E-state index contributed by atoms with van der Waals surface area (Å²) >= 11 is 0. The quantitative estimate of drug-likeness (QED) is 0.0824. The van der Waals surface area contributed by atoms with E-state index in [0.29, 0.717) is 21.2 Å². The predicted octanol–water partition coefficient (Wildman–Crippen LogP) is 5.61. The highest BCUT2D eigenvalue weighted by molar-refractivity contribution is 7.86. The highest BCUT2D eigenvalue weighted by Gasteiger charge is 2.25. The summed E-state index contributed by atoms with van der Waals surface area (Å²) in [7, 11) is -21.6. The molecule has 0 amide bonds. The number of rotatable bonds is 13. The van der Waals surface area contributed by atoms with E-state index in [9.17, 15) is 51.9 Å². The van der Waals surface area contributed by atoms with E-state index >= 15 is 0 Å². The zero-order chi connectivity index (χ0) is 40.5. The average molecular weight is 871 g/mol. The Kier molecular flexibility index (Phi) is 12.1. The normalized spacial score (nSPS) is 12.6. The van der Waals surface area contributed by atoms with Gasteiger partial charge in [-0.25, -0.2) is 0 Å². The maximum absolute atomic E-state index is 12.2. The molecule has 6 aromatic carbocycles. The topological polar surface area (TPSA) is 217 Å². The molecule has 0 aliphatic heterocycles. The highest BCUT2D eigenvalue weighted by Crippen LogP contribution is 2.45. The van der Waals surface area contributed by atoms with Crippen molar-refractivity contribution in [1.82, 2.24) is 0 Å². The van der Waals surface area contributed by atoms with Crippen LogP contribution >= 0.6 is 15.8 Å². The monoisotopic (exact) mass is 870 g/mol. The van der Waals surface area contributed by atoms with Gasteiger partial charge in [0.1, 0.15) is 0 Å². The molecular weight excluding hydrogens is 839 g/mol. The molecule has 4 N–H and O–H groups in total. The lowest BCUT2D eigenvalue weighted by Gasteiger charge is -2.24. The van der Waals surface area contributed by atoms with E-state index in [0.717, 1.165) is 22.3 Å². The summed E-state index contributed by atoms with van der Waals surface area (Å²) in [6, 6.07) is 37.6. The standard InChI is InChI=1S/C38H32O12P2S4/c39-53(40,41)33-15-5-11-29(21-33)51(30-12-6-16-34(22-30)54(42,43)44)25-27-9-1-3-19-37(27)38-20-4-2-10-28(38)26-52(31-13-7-17-35(23-31)55(45,46)47)32-14-8-18-36(24-32)56(48,49)50/h1-24H,25-26H2,(H,39,40,41)(H,42,43,44)(H,45,46,47)(H,48,49,50). The average Bonchev–Trinajstić information content (AvgIpc) is 3.15. The second-order valence-electron chi connectivity index (χ2n) is 12.4. The molecule has 12 nitrogen and oxygen atoms in total. The molecule has 0 aromatic heterocycles. The summed E-state index contributed by atoms with van der Waals surface area (Å²) in [6.07, 6.45) is 0.483. The number of benzene rings is 6. The van der Waals surface area contributed by atoms with Gasteiger partial charge >= 0.3 is 0 Å². The van der Waals surface area contributed by atoms with Crippen LogP contribution in [0.4, 0.5) is 0 Å². The fraction of sp³-hybridized carbons (Fsp3) is 0.0526. The van der Waals surface area contributed by atoms with E-state index < -0.39 is 56.3 Å². The van der Waals surface area contributed by atoms with Crippen molar-refractivity contribution in [3.05, 3.63) is 157 Å². The number of hydrogen-bond acceptors (Lipinski definition) is 8. The van der Waals surface area contributed by atoms with Gasteiger partial charge in [0.05, 0.1) is 19.6 Å². The molecule has 0 unspecified atom stereocenters. The zero-order valence-electron chi connectivity index (χ0n) is 28.9. The van der Waals surface area contributed by atoms with Crippen molar-refractivity contribution in [2.24, 2.45) is 0 Å². The minimum Gasteiger partial charge on any atom is -0.282 e. The van der Waals surface area contributed by atoms with Gasteiger partial charge in [0.15, 0.2) is 0 Å². The zero-order valence-corrected chi connectivity index (χ0v) is 33.9. The van der Waals surface area contributed by atoms with Crippen molar-refractivity contribution in [1.29, 1.82) is 0 Å². The minimum absolute atomic E-state index is 0.241. The largest absolute Gasteiger partial charge is 0.294 e. The van der Waals surface area contributed by atoms with Gasteiger partial charge in [0, 0.05) is 12.3 Å². The van der Waals surface area contributed by atoms with Crippen LogP contribution in [0.3, 0.4) is 0 Å². The molecular formula is C38H32O12P2S4. The smallest absolute Gasteiger partial charge is 0.282 e. The SMILES string of the molecule is O=S(=O)(O)c1cccc(P(Cc2ccccc2-c2ccccc2CP(c2cccc(S(=O)(=O)O)c2)c2cccc(S(=O)(=O)O)c2)c2cccc(S(=O)(=O)O)c2)c1. The summed E-state index contributed by atoms with van der Waals surface area (Å²) in [5, 5.41) is 1.97. The summed E-state index contributed by atoms with van der Waals surface area (Å²) in [4.78, 5) is -1.40. The Morgan fingerprint density at radius 2 is 0.589 bits per heavy atom. The molecule has 0 saturated heterocycles. The first-order valence-corrected chi connectivity index (χ1v) is 25.1. The van der Waals surface area contributed by atoms with Crippen LogP contribution in [0.5, 0.6) is 0 Å². The van der Waals surface area contributed by atoms with Crippen LogP contribution in [0.2, 0.25) is 0 Å². The van der Waals surface area contributed by atoms with E-state index in [1.807, 2.05) is 48.5 Å². The minimum atomic E-state index is -4.60. The lowest BCUT2D eigenvalue weighted by Crippen LogP contribution is -2.17. The number of hydrogen-bond donors (Lipinski definition) is 4.